The Labute approximate surface area is 132 Å². The molecule has 120 valence electrons. The number of benzene rings is 1. The fourth-order valence-electron chi connectivity index (χ4n) is 3.13. The highest BCUT2D eigenvalue weighted by molar-refractivity contribution is 6.62. The second kappa shape index (κ2) is 5.62. The van der Waals surface area contributed by atoms with Crippen molar-refractivity contribution in [1.82, 2.24) is 5.32 Å². The van der Waals surface area contributed by atoms with Crippen molar-refractivity contribution in [1.29, 1.82) is 0 Å². The van der Waals surface area contributed by atoms with Gasteiger partial charge in [0.15, 0.2) is 0 Å². The molecule has 0 atom stereocenters. The number of piperidine rings is 1. The van der Waals surface area contributed by atoms with Gasteiger partial charge < -0.3 is 14.6 Å². The number of nitrogens with one attached hydrogen (secondary N) is 1. The maximum absolute atomic E-state index is 14.2. The van der Waals surface area contributed by atoms with Gasteiger partial charge in [-0.15, -0.1) is 0 Å². The van der Waals surface area contributed by atoms with Crippen LogP contribution in [-0.4, -0.2) is 31.4 Å². The molecule has 2 fully saturated rings. The van der Waals surface area contributed by atoms with Crippen molar-refractivity contribution >= 4 is 12.6 Å². The Morgan fingerprint density at radius 3 is 2.27 bits per heavy atom. The van der Waals surface area contributed by atoms with E-state index in [-0.39, 0.29) is 22.9 Å². The van der Waals surface area contributed by atoms with Crippen LogP contribution in [-0.2, 0) is 9.31 Å². The molecule has 3 nitrogen and oxygen atoms in total. The molecule has 22 heavy (non-hydrogen) atoms. The standard InChI is InChI=1S/C17H25BFNO2/c1-16(2)17(3,4)22-18(21-16)13-5-6-15(19)14(11-13)12-7-9-20-10-8-12/h5-6,11-12,20H,7-10H2,1-4H3. The van der Waals surface area contributed by atoms with E-state index < -0.39 is 7.12 Å². The molecular weight excluding hydrogens is 280 g/mol. The Bertz CT molecular complexity index is 540. The number of hydrogen-bond donors (Lipinski definition) is 1. The molecule has 1 aromatic carbocycles. The van der Waals surface area contributed by atoms with E-state index in [0.717, 1.165) is 37.0 Å². The lowest BCUT2D eigenvalue weighted by molar-refractivity contribution is 0.00578. The zero-order chi connectivity index (χ0) is 16.0. The largest absolute Gasteiger partial charge is 0.494 e. The second-order valence-electron chi connectivity index (χ2n) is 7.39. The number of hydrogen-bond acceptors (Lipinski definition) is 3. The monoisotopic (exact) mass is 305 g/mol. The van der Waals surface area contributed by atoms with Crippen molar-refractivity contribution in [2.75, 3.05) is 13.1 Å². The first-order valence-corrected chi connectivity index (χ1v) is 8.16. The Kier molecular flexibility index (Phi) is 4.08. The third-order valence-electron chi connectivity index (χ3n) is 5.32. The highest BCUT2D eigenvalue weighted by atomic mass is 19.1. The van der Waals surface area contributed by atoms with E-state index in [1.165, 1.54) is 0 Å². The molecule has 2 aliphatic heterocycles. The van der Waals surface area contributed by atoms with Crippen molar-refractivity contribution in [2.45, 2.75) is 57.7 Å². The fourth-order valence-corrected chi connectivity index (χ4v) is 3.13. The van der Waals surface area contributed by atoms with Gasteiger partial charge in [-0.3, -0.25) is 0 Å². The topological polar surface area (TPSA) is 30.5 Å². The van der Waals surface area contributed by atoms with Gasteiger partial charge in [0.05, 0.1) is 11.2 Å². The van der Waals surface area contributed by atoms with Gasteiger partial charge in [0.1, 0.15) is 5.82 Å². The lowest BCUT2D eigenvalue weighted by Gasteiger charge is -2.32. The summed E-state index contributed by atoms with van der Waals surface area (Å²) in [6, 6.07) is 5.27. The molecule has 1 aromatic rings. The predicted molar refractivity (Wildman–Crippen MR) is 87.0 cm³/mol. The van der Waals surface area contributed by atoms with E-state index in [4.69, 9.17) is 9.31 Å². The first-order valence-electron chi connectivity index (χ1n) is 8.16. The van der Waals surface area contributed by atoms with Crippen molar-refractivity contribution in [3.8, 4) is 0 Å². The fraction of sp³-hybridized carbons (Fsp3) is 0.647. The highest BCUT2D eigenvalue weighted by Crippen LogP contribution is 2.37. The molecule has 0 aliphatic carbocycles. The Balaban J connectivity index is 1.87. The molecule has 0 unspecified atom stereocenters. The maximum Gasteiger partial charge on any atom is 0.494 e. The summed E-state index contributed by atoms with van der Waals surface area (Å²) in [7, 11) is -0.425. The van der Waals surface area contributed by atoms with E-state index in [0.29, 0.717) is 0 Å². The highest BCUT2D eigenvalue weighted by Gasteiger charge is 2.51. The van der Waals surface area contributed by atoms with Crippen molar-refractivity contribution in [3.63, 3.8) is 0 Å². The van der Waals surface area contributed by atoms with Crippen LogP contribution in [0.5, 0.6) is 0 Å². The maximum atomic E-state index is 14.2. The lowest BCUT2D eigenvalue weighted by Crippen LogP contribution is -2.41. The SMILES string of the molecule is CC1(C)OB(c2ccc(F)c(C3CCNCC3)c2)OC1(C)C. The van der Waals surface area contributed by atoms with Crippen molar-refractivity contribution in [2.24, 2.45) is 0 Å². The van der Waals surface area contributed by atoms with E-state index >= 15 is 0 Å². The average Bonchev–Trinajstić information content (AvgIpc) is 2.69. The smallest absolute Gasteiger partial charge is 0.399 e. The van der Waals surface area contributed by atoms with Crippen LogP contribution in [0, 0.1) is 5.82 Å². The first kappa shape index (κ1) is 16.0. The molecule has 2 aliphatic rings. The van der Waals surface area contributed by atoms with Crippen LogP contribution in [0.15, 0.2) is 18.2 Å². The Hall–Kier alpha value is -0.905. The molecule has 0 amide bonds. The molecule has 5 heteroatoms. The van der Waals surface area contributed by atoms with Gasteiger partial charge in [0, 0.05) is 0 Å². The minimum absolute atomic E-state index is 0.118. The van der Waals surface area contributed by atoms with Crippen LogP contribution < -0.4 is 10.8 Å². The Morgan fingerprint density at radius 1 is 1.09 bits per heavy atom. The summed E-state index contributed by atoms with van der Waals surface area (Å²) in [5.74, 6) is 0.163. The van der Waals surface area contributed by atoms with Crippen LogP contribution in [0.4, 0.5) is 4.39 Å². The van der Waals surface area contributed by atoms with Gasteiger partial charge in [-0.2, -0.15) is 0 Å². The van der Waals surface area contributed by atoms with E-state index in [1.807, 2.05) is 33.8 Å². The van der Waals surface area contributed by atoms with E-state index in [9.17, 15) is 4.39 Å². The summed E-state index contributed by atoms with van der Waals surface area (Å²) in [4.78, 5) is 0. The van der Waals surface area contributed by atoms with Crippen LogP contribution in [0.2, 0.25) is 0 Å². The molecule has 1 N–H and O–H groups in total. The van der Waals surface area contributed by atoms with Gasteiger partial charge in [-0.05, 0) is 76.6 Å². The third-order valence-corrected chi connectivity index (χ3v) is 5.32. The van der Waals surface area contributed by atoms with Crippen LogP contribution in [0.25, 0.3) is 0 Å². The Morgan fingerprint density at radius 2 is 1.68 bits per heavy atom. The van der Waals surface area contributed by atoms with Gasteiger partial charge in [0.2, 0.25) is 0 Å². The molecule has 0 radical (unpaired) electrons. The minimum atomic E-state index is -0.425. The van der Waals surface area contributed by atoms with Crippen molar-refractivity contribution < 1.29 is 13.7 Å². The van der Waals surface area contributed by atoms with Gasteiger partial charge in [-0.1, -0.05) is 12.1 Å². The van der Waals surface area contributed by atoms with E-state index in [2.05, 4.69) is 5.32 Å². The van der Waals surface area contributed by atoms with E-state index in [1.54, 1.807) is 12.1 Å². The second-order valence-corrected chi connectivity index (χ2v) is 7.39. The molecule has 2 heterocycles. The van der Waals surface area contributed by atoms with Crippen LogP contribution >= 0.6 is 0 Å². The number of halogens is 1. The quantitative estimate of drug-likeness (QED) is 0.852. The van der Waals surface area contributed by atoms with Gasteiger partial charge in [-0.25, -0.2) is 4.39 Å². The summed E-state index contributed by atoms with van der Waals surface area (Å²) in [6.07, 6.45) is 1.95. The summed E-state index contributed by atoms with van der Waals surface area (Å²) in [5.41, 5.74) is 0.962. The summed E-state index contributed by atoms with van der Waals surface area (Å²) in [6.45, 7) is 10.0. The zero-order valence-corrected chi connectivity index (χ0v) is 13.9. The molecule has 0 saturated carbocycles. The molecule has 0 bridgehead atoms. The van der Waals surface area contributed by atoms with Crippen LogP contribution in [0.3, 0.4) is 0 Å². The average molecular weight is 305 g/mol. The minimum Gasteiger partial charge on any atom is -0.399 e. The molecule has 0 aromatic heterocycles. The summed E-state index contributed by atoms with van der Waals surface area (Å²) in [5, 5.41) is 3.32. The van der Waals surface area contributed by atoms with Gasteiger partial charge >= 0.3 is 7.12 Å². The van der Waals surface area contributed by atoms with Crippen LogP contribution in [0.1, 0.15) is 52.0 Å². The summed E-state index contributed by atoms with van der Waals surface area (Å²) < 4.78 is 26.4. The first-order chi connectivity index (χ1) is 10.3. The normalized spacial score (nSPS) is 24.7. The molecule has 2 saturated heterocycles. The molecule has 3 rings (SSSR count). The lowest BCUT2D eigenvalue weighted by atomic mass is 9.76. The third kappa shape index (κ3) is 2.82. The number of rotatable bonds is 2. The predicted octanol–water partition coefficient (Wildman–Crippen LogP) is 2.59. The van der Waals surface area contributed by atoms with Gasteiger partial charge in [0.25, 0.3) is 0 Å². The molecular formula is C17H25BFNO2. The molecule has 0 spiro atoms. The van der Waals surface area contributed by atoms with Crippen molar-refractivity contribution in [3.05, 3.63) is 29.6 Å². The zero-order valence-electron chi connectivity index (χ0n) is 13.9. The summed E-state index contributed by atoms with van der Waals surface area (Å²) >= 11 is 0.